The van der Waals surface area contributed by atoms with E-state index in [0.717, 1.165) is 5.56 Å². The average molecular weight is 475 g/mol. The molecule has 1 amide bonds. The van der Waals surface area contributed by atoms with E-state index in [-0.39, 0.29) is 22.9 Å². The molecular formula is C22H26N4O6S. The molecule has 0 unspecified atom stereocenters. The fourth-order valence-electron chi connectivity index (χ4n) is 4.01. The first-order chi connectivity index (χ1) is 15.9. The number of nitrogens with one attached hydrogen (secondary N) is 1. The van der Waals surface area contributed by atoms with Crippen molar-refractivity contribution < 1.29 is 27.3 Å². The fraction of sp³-hybridized carbons (Fsp3) is 0.409. The Kier molecular flexibility index (Phi) is 6.80. The highest BCUT2D eigenvalue weighted by molar-refractivity contribution is 7.89. The van der Waals surface area contributed by atoms with Crippen LogP contribution in [0, 0.1) is 5.92 Å². The van der Waals surface area contributed by atoms with Crippen LogP contribution < -0.4 is 14.8 Å². The van der Waals surface area contributed by atoms with Crippen molar-refractivity contribution in [3.63, 3.8) is 0 Å². The molecule has 1 aliphatic rings. The largest absolute Gasteiger partial charge is 0.493 e. The normalized spacial score (nSPS) is 17.1. The van der Waals surface area contributed by atoms with Gasteiger partial charge in [-0.05, 0) is 59.4 Å². The van der Waals surface area contributed by atoms with Crippen LogP contribution >= 0.6 is 0 Å². The maximum absolute atomic E-state index is 13.2. The molecule has 1 aliphatic heterocycles. The molecule has 10 nitrogen and oxygen atoms in total. The zero-order valence-corrected chi connectivity index (χ0v) is 19.3. The number of carbonyl (C=O) groups excluding carboxylic acids is 1. The number of sulfonamides is 1. The summed E-state index contributed by atoms with van der Waals surface area (Å²) in [5.74, 6) is 0.697. The number of hydrogen-bond donors (Lipinski definition) is 1. The lowest BCUT2D eigenvalue weighted by Gasteiger charge is -2.31. The maximum atomic E-state index is 13.2. The van der Waals surface area contributed by atoms with Gasteiger partial charge in [-0.15, -0.1) is 0 Å². The quantitative estimate of drug-likeness (QED) is 0.526. The van der Waals surface area contributed by atoms with Crippen LogP contribution in [0.1, 0.15) is 18.4 Å². The van der Waals surface area contributed by atoms with Crippen LogP contribution in [0.5, 0.6) is 11.5 Å². The van der Waals surface area contributed by atoms with Gasteiger partial charge in [-0.25, -0.2) is 13.0 Å². The van der Waals surface area contributed by atoms with E-state index >= 15 is 0 Å². The molecule has 1 saturated heterocycles. The van der Waals surface area contributed by atoms with E-state index < -0.39 is 15.9 Å². The number of methoxy groups -OCH3 is 2. The van der Waals surface area contributed by atoms with Gasteiger partial charge in [0.2, 0.25) is 15.9 Å². The molecule has 11 heteroatoms. The molecule has 176 valence electrons. The van der Waals surface area contributed by atoms with Crippen molar-refractivity contribution in [3.8, 4) is 11.5 Å². The number of fused-ring (bicyclic) bond motifs is 1. The topological polar surface area (TPSA) is 124 Å². The second-order valence-electron chi connectivity index (χ2n) is 7.82. The van der Waals surface area contributed by atoms with Gasteiger partial charge in [0, 0.05) is 19.6 Å². The van der Waals surface area contributed by atoms with E-state index in [9.17, 15) is 13.2 Å². The second-order valence-corrected chi connectivity index (χ2v) is 9.73. The number of ether oxygens (including phenoxy) is 2. The van der Waals surface area contributed by atoms with Crippen molar-refractivity contribution in [2.45, 2.75) is 24.2 Å². The molecule has 0 radical (unpaired) electrons. The lowest BCUT2D eigenvalue weighted by molar-refractivity contribution is -0.126. The van der Waals surface area contributed by atoms with Crippen LogP contribution in [-0.2, 0) is 21.2 Å². The smallest absolute Gasteiger partial charge is 0.245 e. The predicted molar refractivity (Wildman–Crippen MR) is 120 cm³/mol. The summed E-state index contributed by atoms with van der Waals surface area (Å²) in [5.41, 5.74) is 1.56. The minimum Gasteiger partial charge on any atom is -0.493 e. The van der Waals surface area contributed by atoms with E-state index in [1.165, 1.54) is 10.4 Å². The number of hydrogen-bond acceptors (Lipinski definition) is 8. The van der Waals surface area contributed by atoms with Crippen LogP contribution in [0.15, 0.2) is 45.9 Å². The van der Waals surface area contributed by atoms with Gasteiger partial charge in [0.25, 0.3) is 0 Å². The Morgan fingerprint density at radius 1 is 1.18 bits per heavy atom. The van der Waals surface area contributed by atoms with Crippen LogP contribution in [0.4, 0.5) is 0 Å². The number of benzene rings is 2. The lowest BCUT2D eigenvalue weighted by Crippen LogP contribution is -2.45. The summed E-state index contributed by atoms with van der Waals surface area (Å²) in [6.07, 6.45) is 1.84. The minimum atomic E-state index is -3.84. The van der Waals surface area contributed by atoms with Gasteiger partial charge in [-0.3, -0.25) is 4.79 Å². The Morgan fingerprint density at radius 3 is 2.79 bits per heavy atom. The third-order valence-electron chi connectivity index (χ3n) is 5.78. The highest BCUT2D eigenvalue weighted by atomic mass is 32.2. The molecule has 0 saturated carbocycles. The summed E-state index contributed by atoms with van der Waals surface area (Å²) in [6.45, 7) is 0.896. The number of amides is 1. The van der Waals surface area contributed by atoms with Gasteiger partial charge in [0.1, 0.15) is 10.4 Å². The van der Waals surface area contributed by atoms with Crippen molar-refractivity contribution >= 4 is 27.0 Å². The zero-order valence-electron chi connectivity index (χ0n) is 18.5. The molecule has 0 spiro atoms. The summed E-state index contributed by atoms with van der Waals surface area (Å²) in [6, 6.07) is 10.3. The maximum Gasteiger partial charge on any atom is 0.245 e. The van der Waals surface area contributed by atoms with Gasteiger partial charge in [-0.2, -0.15) is 4.31 Å². The van der Waals surface area contributed by atoms with Gasteiger partial charge < -0.3 is 14.8 Å². The summed E-state index contributed by atoms with van der Waals surface area (Å²) in [4.78, 5) is 12.8. The Bertz CT molecular complexity index is 1240. The third kappa shape index (κ3) is 4.79. The number of piperidine rings is 1. The number of nitrogens with zero attached hydrogens (tertiary/aromatic N) is 3. The molecule has 3 aromatic rings. The number of aromatic nitrogens is 2. The first-order valence-corrected chi connectivity index (χ1v) is 12.1. The van der Waals surface area contributed by atoms with Crippen LogP contribution in [0.2, 0.25) is 0 Å². The molecule has 1 aromatic heterocycles. The predicted octanol–water partition coefficient (Wildman–Crippen LogP) is 2.00. The van der Waals surface area contributed by atoms with E-state index in [0.29, 0.717) is 49.4 Å². The SMILES string of the molecule is COc1ccc(CCNC(=O)[C@@H]2CCCN(S(=O)(=O)c3cccc4nonc34)C2)cc1OC. The highest BCUT2D eigenvalue weighted by Crippen LogP contribution is 2.29. The Hall–Kier alpha value is -3.18. The molecule has 2 heterocycles. The molecule has 2 aromatic carbocycles. The molecule has 1 atom stereocenters. The molecule has 1 fully saturated rings. The summed E-state index contributed by atoms with van der Waals surface area (Å²) < 4.78 is 43.1. The van der Waals surface area contributed by atoms with E-state index in [1.807, 2.05) is 18.2 Å². The highest BCUT2D eigenvalue weighted by Gasteiger charge is 2.34. The molecule has 0 bridgehead atoms. The first-order valence-electron chi connectivity index (χ1n) is 10.6. The summed E-state index contributed by atoms with van der Waals surface area (Å²) in [5, 5.41) is 10.4. The van der Waals surface area contributed by atoms with Crippen LogP contribution in [0.25, 0.3) is 11.0 Å². The van der Waals surface area contributed by atoms with Crippen molar-refractivity contribution in [1.29, 1.82) is 0 Å². The van der Waals surface area contributed by atoms with Gasteiger partial charge in [0.05, 0.1) is 20.1 Å². The average Bonchev–Trinajstić information content (AvgIpc) is 3.33. The van der Waals surface area contributed by atoms with Crippen molar-refractivity contribution in [2.75, 3.05) is 33.9 Å². The van der Waals surface area contributed by atoms with Crippen LogP contribution in [-0.4, -0.2) is 62.8 Å². The van der Waals surface area contributed by atoms with Gasteiger partial charge in [-0.1, -0.05) is 12.1 Å². The van der Waals surface area contributed by atoms with Gasteiger partial charge in [0.15, 0.2) is 17.0 Å². The fourth-order valence-corrected chi connectivity index (χ4v) is 5.67. The van der Waals surface area contributed by atoms with E-state index in [2.05, 4.69) is 15.6 Å². The Balaban J connectivity index is 1.38. The Labute approximate surface area is 191 Å². The third-order valence-corrected chi connectivity index (χ3v) is 7.68. The van der Waals surface area contributed by atoms with Crippen LogP contribution in [0.3, 0.4) is 0 Å². The monoisotopic (exact) mass is 474 g/mol. The molecule has 33 heavy (non-hydrogen) atoms. The molecule has 4 rings (SSSR count). The molecular weight excluding hydrogens is 448 g/mol. The van der Waals surface area contributed by atoms with E-state index in [1.54, 1.807) is 26.4 Å². The minimum absolute atomic E-state index is 0.0377. The molecule has 1 N–H and O–H groups in total. The summed E-state index contributed by atoms with van der Waals surface area (Å²) >= 11 is 0. The summed E-state index contributed by atoms with van der Waals surface area (Å²) in [7, 11) is -0.685. The molecule has 0 aliphatic carbocycles. The zero-order chi connectivity index (χ0) is 23.4. The lowest BCUT2D eigenvalue weighted by atomic mass is 9.99. The first kappa shape index (κ1) is 23.0. The second kappa shape index (κ2) is 9.75. The number of carbonyl (C=O) groups is 1. The van der Waals surface area contributed by atoms with Gasteiger partial charge >= 0.3 is 0 Å². The standard InChI is InChI=1S/C22H26N4O6S/c1-30-18-9-8-15(13-19(18)31-2)10-11-23-22(27)16-5-4-12-26(14-16)33(28,29)20-7-3-6-17-21(20)25-32-24-17/h3,6-9,13,16H,4-5,10-12,14H2,1-2H3,(H,23,27)/t16-/m1/s1. The van der Waals surface area contributed by atoms with Crippen molar-refractivity contribution in [3.05, 3.63) is 42.0 Å². The number of rotatable bonds is 8. The Morgan fingerprint density at radius 2 is 2.00 bits per heavy atom. The van der Waals surface area contributed by atoms with Crippen molar-refractivity contribution in [2.24, 2.45) is 5.92 Å². The van der Waals surface area contributed by atoms with Crippen molar-refractivity contribution in [1.82, 2.24) is 19.9 Å². The van der Waals surface area contributed by atoms with E-state index in [4.69, 9.17) is 14.1 Å².